The van der Waals surface area contributed by atoms with Crippen molar-refractivity contribution in [1.29, 1.82) is 0 Å². The van der Waals surface area contributed by atoms with Gasteiger partial charge in [0.1, 0.15) is 5.60 Å². The number of aliphatic carboxylic acids is 1. The number of hydrogen-bond donors (Lipinski definition) is 2. The van der Waals surface area contributed by atoms with E-state index in [9.17, 15) is 9.59 Å². The Morgan fingerprint density at radius 1 is 1.30 bits per heavy atom. The Hall–Kier alpha value is -1.50. The Morgan fingerprint density at radius 2 is 1.96 bits per heavy atom. The lowest BCUT2D eigenvalue weighted by molar-refractivity contribution is -0.137. The van der Waals surface area contributed by atoms with Gasteiger partial charge in [-0.2, -0.15) is 0 Å². The first-order chi connectivity index (χ1) is 12.5. The molecule has 1 fully saturated rings. The summed E-state index contributed by atoms with van der Waals surface area (Å²) in [6.07, 6.45) is 0.360. The minimum Gasteiger partial charge on any atom is -0.481 e. The number of nitrogens with zero attached hydrogens (tertiary/aromatic N) is 1. The number of hydrogen-bond acceptors (Lipinski definition) is 4. The summed E-state index contributed by atoms with van der Waals surface area (Å²) in [5.41, 5.74) is 6.66. The molecule has 0 spiro atoms. The zero-order valence-corrected chi connectivity index (χ0v) is 17.3. The normalized spacial score (nSPS) is 23.2. The van der Waals surface area contributed by atoms with Gasteiger partial charge in [-0.15, -0.1) is 0 Å². The highest BCUT2D eigenvalue weighted by Crippen LogP contribution is 2.36. The van der Waals surface area contributed by atoms with Crippen molar-refractivity contribution < 1.29 is 19.4 Å². The lowest BCUT2D eigenvalue weighted by Crippen LogP contribution is -2.55. The number of ether oxygens (including phenoxy) is 1. The van der Waals surface area contributed by atoms with Crippen LogP contribution in [0.3, 0.4) is 0 Å². The first-order valence-corrected chi connectivity index (χ1v) is 9.65. The summed E-state index contributed by atoms with van der Waals surface area (Å²) < 4.78 is 5.48. The van der Waals surface area contributed by atoms with Crippen molar-refractivity contribution in [3.8, 4) is 0 Å². The average molecular weight is 417 g/mol. The number of rotatable bonds is 4. The monoisotopic (exact) mass is 416 g/mol. The second-order valence-corrected chi connectivity index (χ2v) is 8.71. The van der Waals surface area contributed by atoms with Crippen LogP contribution in [0.5, 0.6) is 0 Å². The van der Waals surface area contributed by atoms with Gasteiger partial charge in [-0.1, -0.05) is 29.3 Å². The van der Waals surface area contributed by atoms with Gasteiger partial charge in [0.2, 0.25) is 0 Å². The summed E-state index contributed by atoms with van der Waals surface area (Å²) in [7, 11) is 0. The van der Waals surface area contributed by atoms with E-state index in [4.69, 9.17) is 38.8 Å². The molecule has 1 saturated heterocycles. The van der Waals surface area contributed by atoms with E-state index in [1.165, 1.54) is 0 Å². The Bertz CT molecular complexity index is 705. The molecule has 150 valence electrons. The summed E-state index contributed by atoms with van der Waals surface area (Å²) in [5, 5.41) is 9.97. The molecule has 1 aliphatic rings. The third kappa shape index (κ3) is 5.99. The van der Waals surface area contributed by atoms with Gasteiger partial charge >= 0.3 is 12.1 Å². The molecule has 6 nitrogen and oxygen atoms in total. The number of likely N-dealkylation sites (tertiary alicyclic amines) is 1. The van der Waals surface area contributed by atoms with E-state index in [1.807, 2.05) is 6.07 Å². The van der Waals surface area contributed by atoms with Gasteiger partial charge in [0.05, 0.1) is 10.0 Å². The molecule has 8 heteroatoms. The fraction of sp³-hybridized carbons (Fsp3) is 0.579. The molecule has 3 N–H and O–H groups in total. The van der Waals surface area contributed by atoms with Gasteiger partial charge in [-0.25, -0.2) is 4.79 Å². The molecular formula is C19H26Cl2N2O4. The molecule has 1 heterocycles. The molecule has 1 aromatic carbocycles. The lowest BCUT2D eigenvalue weighted by atomic mass is 9.81. The minimum absolute atomic E-state index is 0.0344. The van der Waals surface area contributed by atoms with Crippen LogP contribution in [0, 0.1) is 0 Å². The molecule has 1 unspecified atom stereocenters. The lowest BCUT2D eigenvalue weighted by Gasteiger charge is -2.43. The van der Waals surface area contributed by atoms with Crippen LogP contribution in [0.25, 0.3) is 0 Å². The predicted molar refractivity (Wildman–Crippen MR) is 105 cm³/mol. The maximum Gasteiger partial charge on any atom is 0.410 e. The van der Waals surface area contributed by atoms with Crippen molar-refractivity contribution in [2.24, 2.45) is 5.73 Å². The van der Waals surface area contributed by atoms with Crippen molar-refractivity contribution in [1.82, 2.24) is 4.90 Å². The highest BCUT2D eigenvalue weighted by atomic mass is 35.5. The number of carbonyl (C=O) groups is 2. The van der Waals surface area contributed by atoms with E-state index >= 15 is 0 Å². The highest BCUT2D eigenvalue weighted by molar-refractivity contribution is 6.42. The van der Waals surface area contributed by atoms with E-state index in [1.54, 1.807) is 37.8 Å². The largest absolute Gasteiger partial charge is 0.481 e. The van der Waals surface area contributed by atoms with Gasteiger partial charge in [-0.3, -0.25) is 4.79 Å². The number of halogens is 2. The quantitative estimate of drug-likeness (QED) is 0.763. The van der Waals surface area contributed by atoms with E-state index in [-0.39, 0.29) is 31.0 Å². The highest BCUT2D eigenvalue weighted by Gasteiger charge is 2.38. The number of benzene rings is 1. The topological polar surface area (TPSA) is 92.9 Å². The van der Waals surface area contributed by atoms with Crippen molar-refractivity contribution in [2.45, 2.75) is 63.6 Å². The van der Waals surface area contributed by atoms with Gasteiger partial charge in [-0.05, 0) is 51.3 Å². The van der Waals surface area contributed by atoms with Crippen LogP contribution in [0.4, 0.5) is 4.79 Å². The van der Waals surface area contributed by atoms with E-state index in [0.717, 1.165) is 5.56 Å². The molecule has 1 aliphatic heterocycles. The number of carboxylic acid groups (broad SMARTS) is 1. The van der Waals surface area contributed by atoms with E-state index < -0.39 is 17.7 Å². The molecule has 27 heavy (non-hydrogen) atoms. The molecule has 1 aromatic rings. The van der Waals surface area contributed by atoms with Crippen LogP contribution < -0.4 is 5.73 Å². The Morgan fingerprint density at radius 3 is 2.52 bits per heavy atom. The molecule has 2 rings (SSSR count). The fourth-order valence-corrected chi connectivity index (χ4v) is 3.64. The minimum atomic E-state index is -0.903. The van der Waals surface area contributed by atoms with Crippen molar-refractivity contribution in [3.63, 3.8) is 0 Å². The zero-order chi connectivity index (χ0) is 20.4. The first-order valence-electron chi connectivity index (χ1n) is 8.90. The van der Waals surface area contributed by atoms with Crippen LogP contribution >= 0.6 is 23.2 Å². The molecule has 0 aliphatic carbocycles. The number of nitrogens with two attached hydrogens (primary N) is 1. The summed E-state index contributed by atoms with van der Waals surface area (Å²) in [4.78, 5) is 25.2. The van der Waals surface area contributed by atoms with Crippen LogP contribution in [-0.2, 0) is 9.53 Å². The number of carboxylic acids is 1. The van der Waals surface area contributed by atoms with Crippen LogP contribution in [0.15, 0.2) is 18.2 Å². The molecular weight excluding hydrogens is 391 g/mol. The average Bonchev–Trinajstić information content (AvgIpc) is 2.54. The van der Waals surface area contributed by atoms with Crippen LogP contribution in [0.2, 0.25) is 10.0 Å². The predicted octanol–water partition coefficient (Wildman–Crippen LogP) is 4.28. The second-order valence-electron chi connectivity index (χ2n) is 7.90. The van der Waals surface area contributed by atoms with Crippen molar-refractivity contribution in [3.05, 3.63) is 33.8 Å². The summed E-state index contributed by atoms with van der Waals surface area (Å²) >= 11 is 12.1. The van der Waals surface area contributed by atoms with Crippen molar-refractivity contribution in [2.75, 3.05) is 6.54 Å². The maximum atomic E-state index is 12.6. The summed E-state index contributed by atoms with van der Waals surface area (Å²) in [5.74, 6) is -0.961. The third-order valence-electron chi connectivity index (χ3n) is 4.58. The van der Waals surface area contributed by atoms with E-state index in [2.05, 4.69) is 0 Å². The first kappa shape index (κ1) is 21.8. The molecule has 0 aromatic heterocycles. The molecule has 1 amide bonds. The Labute approximate surface area is 169 Å². The fourth-order valence-electron chi connectivity index (χ4n) is 3.33. The zero-order valence-electron chi connectivity index (χ0n) is 15.7. The van der Waals surface area contributed by atoms with Crippen LogP contribution in [-0.4, -0.2) is 46.3 Å². The number of carbonyl (C=O) groups excluding carboxylic acids is 1. The van der Waals surface area contributed by atoms with Crippen LogP contribution in [0.1, 0.15) is 51.5 Å². The smallest absolute Gasteiger partial charge is 0.410 e. The maximum absolute atomic E-state index is 12.6. The number of piperidine rings is 1. The standard InChI is InChI=1S/C19H26Cl2N2O4/c1-19(2,3)27-18(26)23-10-16(22)13(9-12(23)5-7-17(24)25)11-4-6-14(20)15(21)8-11/h4,6,8,12-13,16H,5,7,9-10,22H2,1-3H3,(H,24,25)/t12?,13-,16+/m0/s1. The van der Waals surface area contributed by atoms with E-state index in [0.29, 0.717) is 22.9 Å². The summed E-state index contributed by atoms with van der Waals surface area (Å²) in [6.45, 7) is 5.66. The SMILES string of the molecule is CC(C)(C)OC(=O)N1C[C@@H](N)[C@H](c2ccc(Cl)c(Cl)c2)CC1CCC(=O)O. The Kier molecular flexibility index (Phi) is 7.00. The number of amides is 1. The van der Waals surface area contributed by atoms with Gasteiger partial charge in [0, 0.05) is 31.0 Å². The molecule has 0 radical (unpaired) electrons. The van der Waals surface area contributed by atoms with Crippen molar-refractivity contribution >= 4 is 35.3 Å². The Balaban J connectivity index is 2.24. The molecule has 0 saturated carbocycles. The van der Waals surface area contributed by atoms with Gasteiger partial charge in [0.25, 0.3) is 0 Å². The molecule has 0 bridgehead atoms. The van der Waals surface area contributed by atoms with Gasteiger partial charge in [0.15, 0.2) is 0 Å². The second kappa shape index (κ2) is 8.67. The molecule has 3 atom stereocenters. The van der Waals surface area contributed by atoms with Gasteiger partial charge < -0.3 is 20.5 Å². The summed E-state index contributed by atoms with van der Waals surface area (Å²) in [6, 6.07) is 4.77. The third-order valence-corrected chi connectivity index (χ3v) is 5.32.